The van der Waals surface area contributed by atoms with Crippen molar-refractivity contribution in [1.82, 2.24) is 9.78 Å². The van der Waals surface area contributed by atoms with Crippen LogP contribution in [0.2, 0.25) is 0 Å². The lowest BCUT2D eigenvalue weighted by molar-refractivity contribution is -0.142. The summed E-state index contributed by atoms with van der Waals surface area (Å²) in [5.74, 6) is 0. The molecular weight excluding hydrogens is 243 g/mol. The summed E-state index contributed by atoms with van der Waals surface area (Å²) >= 11 is 0. The van der Waals surface area contributed by atoms with Gasteiger partial charge in [-0.05, 0) is 37.1 Å². The molecule has 2 N–H and O–H groups in total. The highest BCUT2D eigenvalue weighted by molar-refractivity contribution is 5.49. The van der Waals surface area contributed by atoms with E-state index >= 15 is 0 Å². The zero-order valence-electron chi connectivity index (χ0n) is 9.92. The Morgan fingerprint density at radius 2 is 1.83 bits per heavy atom. The summed E-state index contributed by atoms with van der Waals surface area (Å²) < 4.78 is 39.4. The molecule has 0 aliphatic carbocycles. The van der Waals surface area contributed by atoms with Gasteiger partial charge in [-0.3, -0.25) is 0 Å². The summed E-state index contributed by atoms with van der Waals surface area (Å²) in [5.41, 5.74) is 6.27. The van der Waals surface area contributed by atoms with Crippen molar-refractivity contribution in [3.8, 4) is 5.69 Å². The quantitative estimate of drug-likeness (QED) is 0.851. The van der Waals surface area contributed by atoms with E-state index in [4.69, 9.17) is 5.73 Å². The third-order valence-corrected chi connectivity index (χ3v) is 2.80. The fraction of sp³-hybridized carbons (Fsp3) is 0.250. The molecule has 96 valence electrons. The number of aryl methyl sites for hydroxylation is 2. The van der Waals surface area contributed by atoms with Gasteiger partial charge in [-0.15, -0.1) is 0 Å². The number of hydrogen-bond acceptors (Lipinski definition) is 2. The standard InChI is InChI=1S/C12H12F3N3/c1-7-3-4-9(5-8(7)2)18-11(12(13,14)15)10(16)6-17-18/h3-6H,16H2,1-2H3. The molecule has 0 saturated heterocycles. The van der Waals surface area contributed by atoms with Crippen LogP contribution in [0.25, 0.3) is 5.69 Å². The molecule has 0 atom stereocenters. The third-order valence-electron chi connectivity index (χ3n) is 2.80. The van der Waals surface area contributed by atoms with Crippen LogP contribution in [0.4, 0.5) is 18.9 Å². The molecule has 0 aliphatic rings. The zero-order chi connectivity index (χ0) is 13.5. The zero-order valence-corrected chi connectivity index (χ0v) is 9.92. The van der Waals surface area contributed by atoms with E-state index in [1.165, 1.54) is 0 Å². The van der Waals surface area contributed by atoms with Gasteiger partial charge in [0.2, 0.25) is 0 Å². The van der Waals surface area contributed by atoms with Crippen molar-refractivity contribution < 1.29 is 13.2 Å². The smallest absolute Gasteiger partial charge is 0.396 e. The molecule has 2 aromatic rings. The second-order valence-electron chi connectivity index (χ2n) is 4.13. The van der Waals surface area contributed by atoms with E-state index in [0.717, 1.165) is 22.0 Å². The maximum Gasteiger partial charge on any atom is 0.435 e. The number of benzene rings is 1. The molecule has 2 rings (SSSR count). The van der Waals surface area contributed by atoms with Crippen LogP contribution in [0.1, 0.15) is 16.8 Å². The molecule has 1 aromatic heterocycles. The van der Waals surface area contributed by atoms with Gasteiger partial charge in [0.05, 0.1) is 17.6 Å². The molecule has 18 heavy (non-hydrogen) atoms. The molecule has 0 bridgehead atoms. The average Bonchev–Trinajstić information content (AvgIpc) is 2.64. The highest BCUT2D eigenvalue weighted by Gasteiger charge is 2.38. The van der Waals surface area contributed by atoms with Gasteiger partial charge in [-0.25, -0.2) is 4.68 Å². The topological polar surface area (TPSA) is 43.8 Å². The van der Waals surface area contributed by atoms with Crippen LogP contribution in [0.15, 0.2) is 24.4 Å². The van der Waals surface area contributed by atoms with Crippen LogP contribution >= 0.6 is 0 Å². The van der Waals surface area contributed by atoms with Crippen LogP contribution in [0.5, 0.6) is 0 Å². The Balaban J connectivity index is 2.61. The fourth-order valence-corrected chi connectivity index (χ4v) is 1.70. The molecule has 0 unspecified atom stereocenters. The Labute approximate surface area is 102 Å². The van der Waals surface area contributed by atoms with Crippen LogP contribution < -0.4 is 5.73 Å². The van der Waals surface area contributed by atoms with Gasteiger partial charge in [0.25, 0.3) is 0 Å². The van der Waals surface area contributed by atoms with Crippen molar-refractivity contribution in [3.63, 3.8) is 0 Å². The van der Waals surface area contributed by atoms with Gasteiger partial charge in [-0.1, -0.05) is 6.07 Å². The Morgan fingerprint density at radius 1 is 1.17 bits per heavy atom. The molecule has 1 heterocycles. The lowest BCUT2D eigenvalue weighted by Crippen LogP contribution is -2.15. The van der Waals surface area contributed by atoms with Crippen LogP contribution in [0.3, 0.4) is 0 Å². The summed E-state index contributed by atoms with van der Waals surface area (Å²) in [5, 5.41) is 3.69. The van der Waals surface area contributed by atoms with E-state index in [2.05, 4.69) is 5.10 Å². The summed E-state index contributed by atoms with van der Waals surface area (Å²) in [4.78, 5) is 0. The molecule has 0 aliphatic heterocycles. The predicted molar refractivity (Wildman–Crippen MR) is 62.5 cm³/mol. The first-order valence-corrected chi connectivity index (χ1v) is 5.29. The second-order valence-corrected chi connectivity index (χ2v) is 4.13. The summed E-state index contributed by atoms with van der Waals surface area (Å²) in [6.07, 6.45) is -3.52. The van der Waals surface area contributed by atoms with Gasteiger partial charge < -0.3 is 5.73 Å². The van der Waals surface area contributed by atoms with E-state index in [1.807, 2.05) is 13.8 Å². The third kappa shape index (κ3) is 2.05. The number of rotatable bonds is 1. The minimum absolute atomic E-state index is 0.349. The maximum atomic E-state index is 12.9. The molecule has 0 amide bonds. The molecule has 6 heteroatoms. The van der Waals surface area contributed by atoms with Gasteiger partial charge in [0.1, 0.15) is 0 Å². The van der Waals surface area contributed by atoms with E-state index in [9.17, 15) is 13.2 Å². The lowest BCUT2D eigenvalue weighted by atomic mass is 10.1. The van der Waals surface area contributed by atoms with E-state index < -0.39 is 11.9 Å². The number of nitrogens with zero attached hydrogens (tertiary/aromatic N) is 2. The molecular formula is C12H12F3N3. The number of hydrogen-bond donors (Lipinski definition) is 1. The van der Waals surface area contributed by atoms with Crippen LogP contribution in [-0.2, 0) is 6.18 Å². The highest BCUT2D eigenvalue weighted by atomic mass is 19.4. The lowest BCUT2D eigenvalue weighted by Gasteiger charge is -2.12. The van der Waals surface area contributed by atoms with Crippen molar-refractivity contribution in [1.29, 1.82) is 0 Å². The first-order chi connectivity index (χ1) is 8.30. The van der Waals surface area contributed by atoms with E-state index in [0.29, 0.717) is 5.69 Å². The molecule has 1 aromatic carbocycles. The SMILES string of the molecule is Cc1ccc(-n2ncc(N)c2C(F)(F)F)cc1C. The summed E-state index contributed by atoms with van der Waals surface area (Å²) in [6, 6.07) is 4.99. The summed E-state index contributed by atoms with van der Waals surface area (Å²) in [7, 11) is 0. The maximum absolute atomic E-state index is 12.9. The fourth-order valence-electron chi connectivity index (χ4n) is 1.70. The normalized spacial score (nSPS) is 11.8. The number of halogens is 3. The first kappa shape index (κ1) is 12.5. The molecule has 0 fully saturated rings. The Hall–Kier alpha value is -1.98. The number of anilines is 1. The Kier molecular flexibility index (Phi) is 2.80. The molecule has 0 saturated carbocycles. The van der Waals surface area contributed by atoms with Gasteiger partial charge in [0.15, 0.2) is 5.69 Å². The minimum atomic E-state index is -4.53. The summed E-state index contributed by atoms with van der Waals surface area (Å²) in [6.45, 7) is 3.72. The second kappa shape index (κ2) is 4.04. The number of aromatic nitrogens is 2. The van der Waals surface area contributed by atoms with Gasteiger partial charge >= 0.3 is 6.18 Å². The van der Waals surface area contributed by atoms with Crippen molar-refractivity contribution in [2.75, 3.05) is 5.73 Å². The number of alkyl halides is 3. The number of nitrogens with two attached hydrogens (primary N) is 1. The largest absolute Gasteiger partial charge is 0.435 e. The highest BCUT2D eigenvalue weighted by Crippen LogP contribution is 2.34. The van der Waals surface area contributed by atoms with Crippen LogP contribution in [0, 0.1) is 13.8 Å². The number of nitrogen functional groups attached to an aromatic ring is 1. The minimum Gasteiger partial charge on any atom is -0.396 e. The van der Waals surface area contributed by atoms with Crippen molar-refractivity contribution in [2.45, 2.75) is 20.0 Å². The van der Waals surface area contributed by atoms with Crippen molar-refractivity contribution in [2.24, 2.45) is 0 Å². The van der Waals surface area contributed by atoms with Gasteiger partial charge in [-0.2, -0.15) is 18.3 Å². The Bertz CT molecular complexity index is 585. The van der Waals surface area contributed by atoms with Crippen LogP contribution in [-0.4, -0.2) is 9.78 Å². The Morgan fingerprint density at radius 3 is 2.39 bits per heavy atom. The molecule has 3 nitrogen and oxygen atoms in total. The van der Waals surface area contributed by atoms with E-state index in [-0.39, 0.29) is 5.69 Å². The van der Waals surface area contributed by atoms with E-state index in [1.54, 1.807) is 18.2 Å². The van der Waals surface area contributed by atoms with Crippen molar-refractivity contribution >= 4 is 5.69 Å². The average molecular weight is 255 g/mol. The monoisotopic (exact) mass is 255 g/mol. The van der Waals surface area contributed by atoms with Crippen molar-refractivity contribution in [3.05, 3.63) is 41.2 Å². The first-order valence-electron chi connectivity index (χ1n) is 5.29. The molecule has 0 spiro atoms. The van der Waals surface area contributed by atoms with Gasteiger partial charge in [0, 0.05) is 0 Å². The predicted octanol–water partition coefficient (Wildman–Crippen LogP) is 3.09. The molecule has 0 radical (unpaired) electrons.